The first kappa shape index (κ1) is 20.9. The number of fused-ring (bicyclic) bond motifs is 1. The van der Waals surface area contributed by atoms with Crippen molar-refractivity contribution in [1.29, 1.82) is 0 Å². The van der Waals surface area contributed by atoms with Gasteiger partial charge in [0.05, 0.1) is 5.69 Å². The number of halogens is 1. The second kappa shape index (κ2) is 9.22. The minimum atomic E-state index is -0.402. The van der Waals surface area contributed by atoms with Gasteiger partial charge in [0.25, 0.3) is 11.8 Å². The molecule has 2 N–H and O–H groups in total. The van der Waals surface area contributed by atoms with E-state index in [9.17, 15) is 14.4 Å². The van der Waals surface area contributed by atoms with Crippen LogP contribution in [-0.2, 0) is 9.59 Å². The van der Waals surface area contributed by atoms with Gasteiger partial charge in [0.15, 0.2) is 11.5 Å². The Hall–Kier alpha value is -3.32. The Labute approximate surface area is 185 Å². The van der Waals surface area contributed by atoms with Gasteiger partial charge in [0, 0.05) is 36.6 Å². The lowest BCUT2D eigenvalue weighted by atomic mass is 10.1. The molecule has 1 saturated heterocycles. The fraction of sp³-hybridized carbons (Fsp3) is 0.261. The van der Waals surface area contributed by atoms with Crippen molar-refractivity contribution in [2.45, 2.75) is 19.3 Å². The third kappa shape index (κ3) is 5.06. The highest BCUT2D eigenvalue weighted by Crippen LogP contribution is 2.32. The molecule has 0 aromatic heterocycles. The highest BCUT2D eigenvalue weighted by atomic mass is 35.5. The summed E-state index contributed by atoms with van der Waals surface area (Å²) in [5.41, 5.74) is 1.60. The quantitative estimate of drug-likeness (QED) is 0.533. The van der Waals surface area contributed by atoms with Crippen LogP contribution in [0.1, 0.15) is 35.2 Å². The first-order chi connectivity index (χ1) is 15.0. The van der Waals surface area contributed by atoms with Gasteiger partial charge in [0.2, 0.25) is 5.91 Å². The Bertz CT molecular complexity index is 1070. The summed E-state index contributed by atoms with van der Waals surface area (Å²) in [5.74, 6) is 0.131. The van der Waals surface area contributed by atoms with Crippen LogP contribution in [0.5, 0.6) is 5.75 Å². The average Bonchev–Trinajstić information content (AvgIpc) is 3.16. The van der Waals surface area contributed by atoms with E-state index >= 15 is 0 Å². The molecule has 2 aliphatic heterocycles. The first-order valence-electron chi connectivity index (χ1n) is 10.2. The fourth-order valence-electron chi connectivity index (χ4n) is 3.56. The molecule has 0 radical (unpaired) electrons. The van der Waals surface area contributed by atoms with Gasteiger partial charge in [-0.05, 0) is 54.8 Å². The maximum absolute atomic E-state index is 12.4. The number of hydrogen-bond donors (Lipinski definition) is 2. The Kier molecular flexibility index (Phi) is 6.23. The molecule has 2 aromatic carbocycles. The molecule has 0 unspecified atom stereocenters. The van der Waals surface area contributed by atoms with Crippen LogP contribution in [-0.4, -0.2) is 42.3 Å². The van der Waals surface area contributed by atoms with E-state index in [0.717, 1.165) is 18.5 Å². The molecular formula is C23H22ClN3O4. The van der Waals surface area contributed by atoms with Crippen molar-refractivity contribution < 1.29 is 19.1 Å². The Balaban J connectivity index is 1.36. The van der Waals surface area contributed by atoms with E-state index in [1.54, 1.807) is 42.5 Å². The van der Waals surface area contributed by atoms with Crippen LogP contribution < -0.4 is 15.4 Å². The van der Waals surface area contributed by atoms with Crippen molar-refractivity contribution in [3.05, 3.63) is 64.4 Å². The summed E-state index contributed by atoms with van der Waals surface area (Å²) >= 11 is 5.99. The van der Waals surface area contributed by atoms with Crippen LogP contribution in [0.3, 0.4) is 0 Å². The topological polar surface area (TPSA) is 87.7 Å². The van der Waals surface area contributed by atoms with Crippen molar-refractivity contribution in [3.63, 3.8) is 0 Å². The maximum atomic E-state index is 12.4. The summed E-state index contributed by atoms with van der Waals surface area (Å²) in [6.07, 6.45) is 3.82. The van der Waals surface area contributed by atoms with Gasteiger partial charge in [-0.15, -0.1) is 0 Å². The van der Waals surface area contributed by atoms with Crippen LogP contribution >= 0.6 is 11.6 Å². The molecule has 1 fully saturated rings. The summed E-state index contributed by atoms with van der Waals surface area (Å²) in [5, 5.41) is 6.17. The van der Waals surface area contributed by atoms with Gasteiger partial charge < -0.3 is 20.3 Å². The monoisotopic (exact) mass is 439 g/mol. The third-order valence-corrected chi connectivity index (χ3v) is 5.38. The van der Waals surface area contributed by atoms with E-state index in [1.807, 2.05) is 11.0 Å². The summed E-state index contributed by atoms with van der Waals surface area (Å²) in [6.45, 7) is 1.91. The molecule has 0 saturated carbocycles. The minimum absolute atomic E-state index is 0.142. The summed E-state index contributed by atoms with van der Waals surface area (Å²) in [7, 11) is 0. The van der Waals surface area contributed by atoms with Crippen LogP contribution in [0.25, 0.3) is 6.08 Å². The first-order valence-corrected chi connectivity index (χ1v) is 10.5. The molecule has 2 aliphatic rings. The second-order valence-corrected chi connectivity index (χ2v) is 7.86. The molecule has 160 valence electrons. The van der Waals surface area contributed by atoms with Crippen LogP contribution in [0.4, 0.5) is 5.69 Å². The number of nitrogens with one attached hydrogen (secondary N) is 2. The van der Waals surface area contributed by atoms with E-state index in [2.05, 4.69) is 10.6 Å². The number of ether oxygens (including phenoxy) is 1. The predicted molar refractivity (Wildman–Crippen MR) is 118 cm³/mol. The lowest BCUT2D eigenvalue weighted by Crippen LogP contribution is -2.30. The van der Waals surface area contributed by atoms with Gasteiger partial charge >= 0.3 is 0 Å². The second-order valence-electron chi connectivity index (χ2n) is 7.42. The predicted octanol–water partition coefficient (Wildman–Crippen LogP) is 3.45. The summed E-state index contributed by atoms with van der Waals surface area (Å²) in [4.78, 5) is 38.3. The highest BCUT2D eigenvalue weighted by Gasteiger charge is 2.23. The lowest BCUT2D eigenvalue weighted by Gasteiger charge is -2.20. The summed E-state index contributed by atoms with van der Waals surface area (Å²) in [6, 6.07) is 12.0. The zero-order valence-corrected chi connectivity index (χ0v) is 17.6. The molecule has 0 aliphatic carbocycles. The molecule has 2 aromatic rings. The molecule has 8 heteroatoms. The lowest BCUT2D eigenvalue weighted by molar-refractivity contribution is -0.127. The van der Waals surface area contributed by atoms with E-state index in [1.165, 1.54) is 0 Å². The zero-order valence-electron chi connectivity index (χ0n) is 16.8. The largest absolute Gasteiger partial charge is 0.449 e. The van der Waals surface area contributed by atoms with Gasteiger partial charge in [-0.25, -0.2) is 0 Å². The Morgan fingerprint density at radius 3 is 2.87 bits per heavy atom. The van der Waals surface area contributed by atoms with E-state index in [4.69, 9.17) is 16.3 Å². The van der Waals surface area contributed by atoms with E-state index in [0.29, 0.717) is 48.0 Å². The molecular weight excluding hydrogens is 418 g/mol. The molecule has 2 heterocycles. The van der Waals surface area contributed by atoms with Crippen molar-refractivity contribution in [2.24, 2.45) is 0 Å². The van der Waals surface area contributed by atoms with Crippen LogP contribution in [0.2, 0.25) is 5.02 Å². The molecule has 0 atom stereocenters. The smallest absolute Gasteiger partial charge is 0.291 e. The molecule has 0 bridgehead atoms. The average molecular weight is 440 g/mol. The van der Waals surface area contributed by atoms with Crippen LogP contribution in [0, 0.1) is 0 Å². The standard InChI is InChI=1S/C23H22ClN3O4/c24-17-5-1-4-15(12-17)13-20-23(30)26-18-14-16(7-8-19(18)31-20)22(29)25-9-3-11-27-10-2-6-21(27)28/h1,4-5,7-8,12-14H,2-3,6,9-11H2,(H,25,29)(H,26,30)/b20-13-. The van der Waals surface area contributed by atoms with E-state index in [-0.39, 0.29) is 17.6 Å². The van der Waals surface area contributed by atoms with Crippen molar-refractivity contribution in [3.8, 4) is 5.75 Å². The maximum Gasteiger partial charge on any atom is 0.291 e. The SMILES string of the molecule is O=C1Nc2cc(C(=O)NCCCN3CCCC3=O)ccc2O/C1=C\c1cccc(Cl)c1. The molecule has 7 nitrogen and oxygen atoms in total. The van der Waals surface area contributed by atoms with Gasteiger partial charge in [-0.3, -0.25) is 14.4 Å². The number of carbonyl (C=O) groups excluding carboxylic acids is 3. The Morgan fingerprint density at radius 1 is 1.23 bits per heavy atom. The normalized spacial score (nSPS) is 16.7. The zero-order chi connectivity index (χ0) is 21.8. The number of rotatable bonds is 6. The van der Waals surface area contributed by atoms with Crippen LogP contribution in [0.15, 0.2) is 48.2 Å². The Morgan fingerprint density at radius 2 is 2.10 bits per heavy atom. The highest BCUT2D eigenvalue weighted by molar-refractivity contribution is 6.30. The number of likely N-dealkylation sites (tertiary alicyclic amines) is 1. The number of carbonyl (C=O) groups is 3. The third-order valence-electron chi connectivity index (χ3n) is 5.14. The number of anilines is 1. The van der Waals surface area contributed by atoms with E-state index < -0.39 is 5.91 Å². The molecule has 0 spiro atoms. The number of benzene rings is 2. The van der Waals surface area contributed by atoms with Crippen molar-refractivity contribution >= 4 is 41.1 Å². The number of nitrogens with zero attached hydrogens (tertiary/aromatic N) is 1. The molecule has 31 heavy (non-hydrogen) atoms. The summed E-state index contributed by atoms with van der Waals surface area (Å²) < 4.78 is 5.73. The minimum Gasteiger partial charge on any atom is -0.449 e. The number of amides is 3. The van der Waals surface area contributed by atoms with Gasteiger partial charge in [-0.2, -0.15) is 0 Å². The fourth-order valence-corrected chi connectivity index (χ4v) is 3.76. The van der Waals surface area contributed by atoms with Crippen molar-refractivity contribution in [2.75, 3.05) is 25.0 Å². The van der Waals surface area contributed by atoms with Gasteiger partial charge in [-0.1, -0.05) is 23.7 Å². The van der Waals surface area contributed by atoms with Gasteiger partial charge in [0.1, 0.15) is 0 Å². The molecule has 4 rings (SSSR count). The number of hydrogen-bond acceptors (Lipinski definition) is 4. The molecule has 3 amide bonds. The van der Waals surface area contributed by atoms with Crippen molar-refractivity contribution in [1.82, 2.24) is 10.2 Å².